The van der Waals surface area contributed by atoms with E-state index in [-0.39, 0.29) is 45.7 Å². The van der Waals surface area contributed by atoms with Crippen LogP contribution < -0.4 is 16.0 Å². The van der Waals surface area contributed by atoms with Crippen LogP contribution in [0, 0.1) is 5.82 Å². The molecule has 0 aliphatic rings. The van der Waals surface area contributed by atoms with E-state index >= 15 is 0 Å². The van der Waals surface area contributed by atoms with Crippen molar-refractivity contribution < 1.29 is 31.8 Å². The number of carbonyl (C=O) groups is 1. The number of halogens is 5. The fourth-order valence-corrected chi connectivity index (χ4v) is 2.74. The topological polar surface area (TPSA) is 82.8 Å². The molecule has 0 saturated carbocycles. The number of hydrogen-bond donors (Lipinski definition) is 0. The van der Waals surface area contributed by atoms with Gasteiger partial charge < -0.3 is 14.4 Å². The van der Waals surface area contributed by atoms with Crippen molar-refractivity contribution in [1.82, 2.24) is 14.0 Å². The predicted molar refractivity (Wildman–Crippen MR) is 102 cm³/mol. The van der Waals surface area contributed by atoms with Crippen molar-refractivity contribution in [3.8, 4) is 11.4 Å². The van der Waals surface area contributed by atoms with E-state index in [9.17, 15) is 31.9 Å². The summed E-state index contributed by atoms with van der Waals surface area (Å²) in [5.41, 5.74) is -4.91. The van der Waals surface area contributed by atoms with E-state index in [2.05, 4.69) is 0 Å². The summed E-state index contributed by atoms with van der Waals surface area (Å²) in [7, 11) is 2.25. The van der Waals surface area contributed by atoms with Gasteiger partial charge in [-0.15, -0.1) is 0 Å². The van der Waals surface area contributed by atoms with Crippen LogP contribution >= 0.6 is 11.6 Å². The van der Waals surface area contributed by atoms with Gasteiger partial charge in [-0.3, -0.25) is 9.36 Å². The summed E-state index contributed by atoms with van der Waals surface area (Å²) in [5, 5.41) is -0.211. The summed E-state index contributed by atoms with van der Waals surface area (Å²) < 4.78 is 64.0. The van der Waals surface area contributed by atoms with Crippen molar-refractivity contribution in [2.75, 3.05) is 26.8 Å². The van der Waals surface area contributed by atoms with Crippen LogP contribution in [0.1, 0.15) is 12.6 Å². The van der Waals surface area contributed by atoms with Crippen molar-refractivity contribution in [1.29, 1.82) is 0 Å². The van der Waals surface area contributed by atoms with Gasteiger partial charge in [-0.25, -0.2) is 18.5 Å². The van der Waals surface area contributed by atoms with Gasteiger partial charge in [0.25, 0.3) is 5.56 Å². The van der Waals surface area contributed by atoms with Crippen LogP contribution in [-0.2, 0) is 18.0 Å². The van der Waals surface area contributed by atoms with E-state index in [4.69, 9.17) is 21.1 Å². The van der Waals surface area contributed by atoms with Crippen LogP contribution in [0.5, 0.6) is 5.75 Å². The maximum absolute atomic E-state index is 14.4. The zero-order valence-corrected chi connectivity index (χ0v) is 17.4. The quantitative estimate of drug-likeness (QED) is 0.610. The first kappa shape index (κ1) is 24.3. The maximum Gasteiger partial charge on any atom is 0.431 e. The molecule has 0 fully saturated rings. The summed E-state index contributed by atoms with van der Waals surface area (Å²) >= 11 is 5.92. The molecule has 0 N–H and O–H groups in total. The largest absolute Gasteiger partial charge is 0.490 e. The number of hydrogen-bond acceptors (Lipinski definition) is 5. The Kier molecular flexibility index (Phi) is 7.37. The fraction of sp³-hybridized carbons (Fsp3) is 0.389. The summed E-state index contributed by atoms with van der Waals surface area (Å²) in [5.74, 6) is -1.27. The summed E-state index contributed by atoms with van der Waals surface area (Å²) in [6, 6.07) is 1.85. The first-order chi connectivity index (χ1) is 14.4. The molecule has 2 rings (SSSR count). The molecular formula is C18H18ClF4N3O5. The fourth-order valence-electron chi connectivity index (χ4n) is 2.54. The van der Waals surface area contributed by atoms with Crippen LogP contribution in [0.25, 0.3) is 5.69 Å². The minimum absolute atomic E-state index is 0.0594. The third-order valence-electron chi connectivity index (χ3n) is 4.12. The van der Waals surface area contributed by atoms with Crippen molar-refractivity contribution in [3.63, 3.8) is 0 Å². The van der Waals surface area contributed by atoms with Gasteiger partial charge in [-0.05, 0) is 13.0 Å². The maximum atomic E-state index is 14.4. The molecule has 8 nitrogen and oxygen atoms in total. The molecule has 1 aromatic carbocycles. The molecule has 1 amide bonds. The van der Waals surface area contributed by atoms with Gasteiger partial charge in [0.2, 0.25) is 0 Å². The first-order valence-electron chi connectivity index (χ1n) is 8.78. The number of ether oxygens (including phenoxy) is 2. The number of rotatable bonds is 6. The minimum Gasteiger partial charge on any atom is -0.490 e. The predicted octanol–water partition coefficient (Wildman–Crippen LogP) is 2.81. The Morgan fingerprint density at radius 1 is 1.23 bits per heavy atom. The molecule has 0 aliphatic heterocycles. The van der Waals surface area contributed by atoms with E-state index in [0.717, 1.165) is 19.2 Å². The van der Waals surface area contributed by atoms with Gasteiger partial charge >= 0.3 is 18.0 Å². The van der Waals surface area contributed by atoms with Gasteiger partial charge in [-0.1, -0.05) is 11.6 Å². The molecule has 0 spiro atoms. The molecule has 31 heavy (non-hydrogen) atoms. The normalized spacial score (nSPS) is 11.4. The summed E-state index contributed by atoms with van der Waals surface area (Å²) in [4.78, 5) is 37.3. The monoisotopic (exact) mass is 467 g/mol. The van der Waals surface area contributed by atoms with Gasteiger partial charge in [0, 0.05) is 26.2 Å². The number of carbonyl (C=O) groups excluding carboxylic acids is 1. The molecule has 2 aromatic rings. The van der Waals surface area contributed by atoms with Crippen LogP contribution in [0.3, 0.4) is 0 Å². The Labute approximate surface area is 178 Å². The highest BCUT2D eigenvalue weighted by Gasteiger charge is 2.35. The third-order valence-corrected chi connectivity index (χ3v) is 4.41. The summed E-state index contributed by atoms with van der Waals surface area (Å²) in [6.07, 6.45) is -5.55. The molecule has 0 radical (unpaired) electrons. The molecular weight excluding hydrogens is 450 g/mol. The Morgan fingerprint density at radius 2 is 1.87 bits per heavy atom. The smallest absolute Gasteiger partial charge is 0.431 e. The average Bonchev–Trinajstić information content (AvgIpc) is 2.66. The highest BCUT2D eigenvalue weighted by Crippen LogP contribution is 2.30. The van der Waals surface area contributed by atoms with Crippen molar-refractivity contribution >= 4 is 17.7 Å². The third kappa shape index (κ3) is 5.37. The second-order valence-electron chi connectivity index (χ2n) is 6.25. The molecule has 0 bridgehead atoms. The highest BCUT2D eigenvalue weighted by molar-refractivity contribution is 6.32. The molecule has 0 saturated heterocycles. The number of benzene rings is 1. The van der Waals surface area contributed by atoms with E-state index < -0.39 is 40.7 Å². The van der Waals surface area contributed by atoms with Crippen LogP contribution in [-0.4, -0.2) is 46.9 Å². The minimum atomic E-state index is -4.95. The second kappa shape index (κ2) is 9.41. The zero-order valence-electron chi connectivity index (χ0n) is 16.6. The van der Waals surface area contributed by atoms with Gasteiger partial charge in [0.1, 0.15) is 23.9 Å². The zero-order chi connectivity index (χ0) is 23.5. The lowest BCUT2D eigenvalue weighted by Crippen LogP contribution is -2.41. The van der Waals surface area contributed by atoms with E-state index in [1.807, 2.05) is 0 Å². The molecule has 0 unspecified atom stereocenters. The Bertz CT molecular complexity index is 1100. The molecule has 1 heterocycles. The number of amides is 1. The van der Waals surface area contributed by atoms with Crippen LogP contribution in [0.2, 0.25) is 5.02 Å². The number of nitrogens with zero attached hydrogens (tertiary/aromatic N) is 3. The summed E-state index contributed by atoms with van der Waals surface area (Å²) in [6.45, 7) is 1.76. The standard InChI is InChI=1S/C18H18ClF4N3O5/c1-4-30-17(29)24(2)5-6-31-13-8-12(11(20)7-10(13)19)26-15(27)9-14(18(21,22)23)25(3)16(26)28/h7-9H,4-6H2,1-3H3. The lowest BCUT2D eigenvalue weighted by Gasteiger charge is -2.18. The van der Waals surface area contributed by atoms with Gasteiger partial charge in [0.05, 0.1) is 23.9 Å². The Morgan fingerprint density at radius 3 is 2.45 bits per heavy atom. The number of aromatic nitrogens is 2. The molecule has 13 heteroatoms. The van der Waals surface area contributed by atoms with Crippen molar-refractivity contribution in [2.24, 2.45) is 7.05 Å². The van der Waals surface area contributed by atoms with Crippen LogP contribution in [0.15, 0.2) is 27.8 Å². The Hall–Kier alpha value is -3.02. The number of likely N-dealkylation sites (N-methyl/N-ethyl adjacent to an activating group) is 1. The SMILES string of the molecule is CCOC(=O)N(C)CCOc1cc(-n2c(=O)cc(C(F)(F)F)n(C)c2=O)c(F)cc1Cl. The van der Waals surface area contributed by atoms with Gasteiger partial charge in [0.15, 0.2) is 0 Å². The number of alkyl halides is 3. The van der Waals surface area contributed by atoms with E-state index in [1.165, 1.54) is 11.9 Å². The van der Waals surface area contributed by atoms with Crippen LogP contribution in [0.4, 0.5) is 22.4 Å². The molecule has 0 aliphatic carbocycles. The lowest BCUT2D eigenvalue weighted by molar-refractivity contribution is -0.144. The van der Waals surface area contributed by atoms with E-state index in [0.29, 0.717) is 0 Å². The molecule has 170 valence electrons. The van der Waals surface area contributed by atoms with Gasteiger partial charge in [-0.2, -0.15) is 13.2 Å². The molecule has 0 atom stereocenters. The second-order valence-corrected chi connectivity index (χ2v) is 6.65. The molecule has 1 aromatic heterocycles. The first-order valence-corrected chi connectivity index (χ1v) is 9.16. The van der Waals surface area contributed by atoms with Crippen molar-refractivity contribution in [2.45, 2.75) is 13.1 Å². The van der Waals surface area contributed by atoms with E-state index in [1.54, 1.807) is 6.92 Å². The highest BCUT2D eigenvalue weighted by atomic mass is 35.5. The van der Waals surface area contributed by atoms with Crippen molar-refractivity contribution in [3.05, 3.63) is 55.6 Å². The lowest BCUT2D eigenvalue weighted by atomic mass is 10.2. The average molecular weight is 468 g/mol. The Balaban J connectivity index is 2.40.